The van der Waals surface area contributed by atoms with Crippen molar-refractivity contribution < 1.29 is 9.84 Å². The smallest absolute Gasteiger partial charge is 0.122 e. The van der Waals surface area contributed by atoms with Gasteiger partial charge in [0.25, 0.3) is 0 Å². The van der Waals surface area contributed by atoms with Crippen molar-refractivity contribution in [2.24, 2.45) is 0 Å². The molecule has 2 aromatic rings. The summed E-state index contributed by atoms with van der Waals surface area (Å²) in [6.07, 6.45) is -0.521. The lowest BCUT2D eigenvalue weighted by atomic mass is 10.1. The third-order valence-corrected chi connectivity index (χ3v) is 4.46. The number of aliphatic hydroxyl groups excluding tert-OH is 1. The molecule has 0 saturated heterocycles. The van der Waals surface area contributed by atoms with Gasteiger partial charge in [-0.05, 0) is 49.4 Å². The van der Waals surface area contributed by atoms with Gasteiger partial charge in [0.15, 0.2) is 0 Å². The Morgan fingerprint density at radius 1 is 1.29 bits per heavy atom. The fraction of sp³-hybridized carbons (Fsp3) is 0.412. The predicted octanol–water partition coefficient (Wildman–Crippen LogP) is 3.46. The first kappa shape index (κ1) is 16.0. The van der Waals surface area contributed by atoms with E-state index < -0.39 is 6.10 Å². The molecule has 0 amide bonds. The van der Waals surface area contributed by atoms with Crippen molar-refractivity contribution in [3.8, 4) is 5.75 Å². The first-order valence-electron chi connectivity index (χ1n) is 7.21. The Bertz CT molecular complexity index is 554. The van der Waals surface area contributed by atoms with Gasteiger partial charge in [-0.25, -0.2) is 0 Å². The molecule has 1 aromatic carbocycles. The zero-order valence-corrected chi connectivity index (χ0v) is 13.6. The number of rotatable bonds is 7. The molecule has 2 atom stereocenters. The molecule has 1 unspecified atom stereocenters. The molecule has 0 aliphatic carbocycles. The minimum atomic E-state index is -0.521. The first-order chi connectivity index (χ1) is 10.1. The highest BCUT2D eigenvalue weighted by Crippen LogP contribution is 2.20. The third kappa shape index (κ3) is 4.84. The Morgan fingerprint density at radius 2 is 2.10 bits per heavy atom. The number of hydrogen-bond acceptors (Lipinski definition) is 4. The van der Waals surface area contributed by atoms with E-state index in [9.17, 15) is 5.11 Å². The van der Waals surface area contributed by atoms with Crippen molar-refractivity contribution in [2.45, 2.75) is 32.9 Å². The second-order valence-electron chi connectivity index (χ2n) is 5.38. The van der Waals surface area contributed by atoms with Crippen molar-refractivity contribution in [3.63, 3.8) is 0 Å². The van der Waals surface area contributed by atoms with Crippen LogP contribution in [0.3, 0.4) is 0 Å². The van der Waals surface area contributed by atoms with Crippen LogP contribution in [-0.2, 0) is 0 Å². The molecule has 1 aromatic heterocycles. The van der Waals surface area contributed by atoms with Gasteiger partial charge in [0.1, 0.15) is 18.5 Å². The van der Waals surface area contributed by atoms with Crippen molar-refractivity contribution in [1.82, 2.24) is 5.32 Å². The van der Waals surface area contributed by atoms with E-state index in [4.69, 9.17) is 4.74 Å². The molecule has 0 spiro atoms. The van der Waals surface area contributed by atoms with E-state index in [0.29, 0.717) is 13.2 Å². The van der Waals surface area contributed by atoms with Crippen molar-refractivity contribution in [1.29, 1.82) is 0 Å². The Labute approximate surface area is 130 Å². The molecule has 4 heteroatoms. The number of thiophene rings is 1. The summed E-state index contributed by atoms with van der Waals surface area (Å²) in [5, 5.41) is 15.4. The van der Waals surface area contributed by atoms with Crippen LogP contribution in [0.25, 0.3) is 0 Å². The standard InChI is InChI=1S/C17H23NO2S/c1-12-6-7-13(2)16(9-12)20-11-15(19)10-18-14(3)17-5-4-8-21-17/h4-9,14-15,18-19H,10-11H2,1-3H3/t14-,15?/m0/s1. The zero-order valence-electron chi connectivity index (χ0n) is 12.8. The fourth-order valence-corrected chi connectivity index (χ4v) is 2.82. The molecule has 114 valence electrons. The lowest BCUT2D eigenvalue weighted by molar-refractivity contribution is 0.104. The second-order valence-corrected chi connectivity index (χ2v) is 6.36. The van der Waals surface area contributed by atoms with Gasteiger partial charge in [0.05, 0.1) is 0 Å². The lowest BCUT2D eigenvalue weighted by Gasteiger charge is -2.17. The maximum Gasteiger partial charge on any atom is 0.122 e. The number of benzene rings is 1. The van der Waals surface area contributed by atoms with Gasteiger partial charge in [0, 0.05) is 17.5 Å². The maximum atomic E-state index is 10.0. The van der Waals surface area contributed by atoms with Gasteiger partial charge in [-0.15, -0.1) is 11.3 Å². The normalized spacial score (nSPS) is 13.9. The largest absolute Gasteiger partial charge is 0.491 e. The van der Waals surface area contributed by atoms with E-state index in [2.05, 4.69) is 29.8 Å². The fourth-order valence-electron chi connectivity index (χ4n) is 2.06. The molecule has 0 aliphatic heterocycles. The van der Waals surface area contributed by atoms with E-state index in [1.54, 1.807) is 11.3 Å². The molecule has 2 N–H and O–H groups in total. The summed E-state index contributed by atoms with van der Waals surface area (Å²) >= 11 is 1.72. The number of aliphatic hydroxyl groups is 1. The summed E-state index contributed by atoms with van der Waals surface area (Å²) in [6.45, 7) is 6.97. The van der Waals surface area contributed by atoms with Gasteiger partial charge in [-0.1, -0.05) is 18.2 Å². The predicted molar refractivity (Wildman–Crippen MR) is 88.2 cm³/mol. The van der Waals surface area contributed by atoms with Gasteiger partial charge in [-0.2, -0.15) is 0 Å². The summed E-state index contributed by atoms with van der Waals surface area (Å²) in [5.74, 6) is 0.848. The molecule has 21 heavy (non-hydrogen) atoms. The topological polar surface area (TPSA) is 41.5 Å². The average molecular weight is 305 g/mol. The number of aryl methyl sites for hydroxylation is 2. The van der Waals surface area contributed by atoms with Crippen LogP contribution in [0.15, 0.2) is 35.7 Å². The molecule has 1 heterocycles. The van der Waals surface area contributed by atoms with Crippen LogP contribution in [-0.4, -0.2) is 24.4 Å². The highest BCUT2D eigenvalue weighted by molar-refractivity contribution is 7.10. The molecule has 0 saturated carbocycles. The van der Waals surface area contributed by atoms with Gasteiger partial charge < -0.3 is 15.2 Å². The second kappa shape index (κ2) is 7.59. The molecule has 0 aliphatic rings. The van der Waals surface area contributed by atoms with Crippen LogP contribution >= 0.6 is 11.3 Å². The highest BCUT2D eigenvalue weighted by atomic mass is 32.1. The van der Waals surface area contributed by atoms with Crippen LogP contribution < -0.4 is 10.1 Å². The van der Waals surface area contributed by atoms with E-state index in [1.165, 1.54) is 4.88 Å². The number of hydrogen-bond donors (Lipinski definition) is 2. The summed E-state index contributed by atoms with van der Waals surface area (Å²) < 4.78 is 5.72. The van der Waals surface area contributed by atoms with Crippen LogP contribution in [0.5, 0.6) is 5.75 Å². The molecule has 0 radical (unpaired) electrons. The van der Waals surface area contributed by atoms with Crippen molar-refractivity contribution >= 4 is 11.3 Å². The zero-order chi connectivity index (χ0) is 15.2. The van der Waals surface area contributed by atoms with Crippen LogP contribution in [0, 0.1) is 13.8 Å². The minimum absolute atomic E-state index is 0.250. The number of ether oxygens (including phenoxy) is 1. The van der Waals surface area contributed by atoms with Crippen LogP contribution in [0.2, 0.25) is 0 Å². The van der Waals surface area contributed by atoms with Crippen LogP contribution in [0.1, 0.15) is 29.0 Å². The monoisotopic (exact) mass is 305 g/mol. The SMILES string of the molecule is Cc1ccc(C)c(OCC(O)CN[C@@H](C)c2cccs2)c1. The van der Waals surface area contributed by atoms with Crippen LogP contribution in [0.4, 0.5) is 0 Å². The Morgan fingerprint density at radius 3 is 2.81 bits per heavy atom. The van der Waals surface area contributed by atoms with E-state index in [1.807, 2.05) is 32.0 Å². The Hall–Kier alpha value is -1.36. The highest BCUT2D eigenvalue weighted by Gasteiger charge is 2.10. The Balaban J connectivity index is 1.77. The molecule has 2 rings (SSSR count). The molecule has 0 fully saturated rings. The molecular formula is C17H23NO2S. The molecule has 3 nitrogen and oxygen atoms in total. The van der Waals surface area contributed by atoms with Gasteiger partial charge in [-0.3, -0.25) is 0 Å². The number of nitrogens with one attached hydrogen (secondary N) is 1. The van der Waals surface area contributed by atoms with Crippen molar-refractivity contribution in [3.05, 3.63) is 51.7 Å². The third-order valence-electron chi connectivity index (χ3n) is 3.40. The Kier molecular flexibility index (Phi) is 5.79. The summed E-state index contributed by atoms with van der Waals surface area (Å²) in [7, 11) is 0. The first-order valence-corrected chi connectivity index (χ1v) is 8.09. The minimum Gasteiger partial charge on any atom is -0.491 e. The van der Waals surface area contributed by atoms with Gasteiger partial charge in [0.2, 0.25) is 0 Å². The summed E-state index contributed by atoms with van der Waals surface area (Å²) in [5.41, 5.74) is 2.25. The maximum absolute atomic E-state index is 10.0. The summed E-state index contributed by atoms with van der Waals surface area (Å²) in [4.78, 5) is 1.28. The van der Waals surface area contributed by atoms with Gasteiger partial charge >= 0.3 is 0 Å². The summed E-state index contributed by atoms with van der Waals surface area (Å²) in [6, 6.07) is 10.5. The van der Waals surface area contributed by atoms with Crippen molar-refractivity contribution in [2.75, 3.05) is 13.2 Å². The quantitative estimate of drug-likeness (QED) is 0.823. The average Bonchev–Trinajstić information content (AvgIpc) is 3.00. The van der Waals surface area contributed by atoms with E-state index in [0.717, 1.165) is 16.9 Å². The van der Waals surface area contributed by atoms with E-state index in [-0.39, 0.29) is 6.04 Å². The molecule has 0 bridgehead atoms. The van der Waals surface area contributed by atoms with E-state index >= 15 is 0 Å². The molecular weight excluding hydrogens is 282 g/mol. The lowest BCUT2D eigenvalue weighted by Crippen LogP contribution is -2.32.